The Hall–Kier alpha value is -1.11. The van der Waals surface area contributed by atoms with Crippen LogP contribution in [0.4, 0.5) is 5.82 Å². The van der Waals surface area contributed by atoms with Crippen molar-refractivity contribution in [2.75, 3.05) is 25.4 Å². The van der Waals surface area contributed by atoms with Crippen LogP contribution >= 0.6 is 24.8 Å². The molecular weight excluding hydrogens is 265 g/mol. The first kappa shape index (κ1) is 18.3. The molecule has 1 amide bonds. The highest BCUT2D eigenvalue weighted by atomic mass is 35.5. The van der Waals surface area contributed by atoms with Crippen molar-refractivity contribution >= 4 is 36.5 Å². The van der Waals surface area contributed by atoms with Gasteiger partial charge in [0.25, 0.3) is 5.91 Å². The molecule has 0 spiro atoms. The molecule has 0 aliphatic rings. The summed E-state index contributed by atoms with van der Waals surface area (Å²) in [5.74, 6) is -0.142. The first-order chi connectivity index (χ1) is 7.25. The van der Waals surface area contributed by atoms with Crippen molar-refractivity contribution in [1.29, 1.82) is 0 Å². The molecule has 1 rings (SSSR count). The van der Waals surface area contributed by atoms with Crippen LogP contribution in [0.3, 0.4) is 0 Å². The molecule has 1 heterocycles. The van der Waals surface area contributed by atoms with Crippen molar-refractivity contribution in [3.05, 3.63) is 18.1 Å². The van der Waals surface area contributed by atoms with Gasteiger partial charge in [-0.1, -0.05) is 6.92 Å². The topological polar surface area (TPSA) is 92.9 Å². The van der Waals surface area contributed by atoms with Gasteiger partial charge in [-0.3, -0.25) is 4.79 Å². The summed E-state index contributed by atoms with van der Waals surface area (Å²) in [5.41, 5.74) is 5.68. The van der Waals surface area contributed by atoms with Crippen LogP contribution in [-0.4, -0.2) is 35.5 Å². The Kier molecular flexibility index (Phi) is 10.8. The van der Waals surface area contributed by atoms with Crippen LogP contribution < -0.4 is 16.4 Å². The lowest BCUT2D eigenvalue weighted by Gasteiger charge is -2.05. The first-order valence-electron chi connectivity index (χ1n) is 4.81. The van der Waals surface area contributed by atoms with E-state index in [0.29, 0.717) is 6.54 Å². The van der Waals surface area contributed by atoms with E-state index in [2.05, 4.69) is 20.6 Å². The van der Waals surface area contributed by atoms with Gasteiger partial charge in [0.15, 0.2) is 11.5 Å². The smallest absolute Gasteiger partial charge is 0.273 e. The normalized spacial score (nSPS) is 8.76. The highest BCUT2D eigenvalue weighted by Gasteiger charge is 2.10. The van der Waals surface area contributed by atoms with Crippen LogP contribution in [0.25, 0.3) is 0 Å². The van der Waals surface area contributed by atoms with Gasteiger partial charge in [-0.15, -0.1) is 24.8 Å². The molecule has 0 atom stereocenters. The van der Waals surface area contributed by atoms with Gasteiger partial charge in [-0.05, 0) is 6.54 Å². The van der Waals surface area contributed by atoms with Crippen LogP contribution in [0, 0.1) is 0 Å². The summed E-state index contributed by atoms with van der Waals surface area (Å²) in [6.07, 6.45) is 2.89. The molecule has 0 unspecified atom stereocenters. The van der Waals surface area contributed by atoms with Crippen LogP contribution in [0.1, 0.15) is 17.4 Å². The third-order valence-corrected chi connectivity index (χ3v) is 1.78. The number of nitrogens with zero attached hydrogens (tertiary/aromatic N) is 2. The Morgan fingerprint density at radius 3 is 2.53 bits per heavy atom. The number of hydrogen-bond donors (Lipinski definition) is 3. The van der Waals surface area contributed by atoms with E-state index in [1.54, 1.807) is 0 Å². The summed E-state index contributed by atoms with van der Waals surface area (Å²) in [7, 11) is 0. The maximum atomic E-state index is 11.5. The molecule has 0 saturated carbocycles. The van der Waals surface area contributed by atoms with E-state index in [-0.39, 0.29) is 42.2 Å². The minimum Gasteiger partial charge on any atom is -0.382 e. The van der Waals surface area contributed by atoms with Gasteiger partial charge in [0.05, 0.1) is 0 Å². The van der Waals surface area contributed by atoms with Gasteiger partial charge in [-0.25, -0.2) is 9.97 Å². The molecule has 0 bridgehead atoms. The maximum Gasteiger partial charge on any atom is 0.273 e. The van der Waals surface area contributed by atoms with Gasteiger partial charge in [0, 0.05) is 25.5 Å². The number of likely N-dealkylation sites (N-methyl/N-ethyl adjacent to an activating group) is 1. The summed E-state index contributed by atoms with van der Waals surface area (Å²) in [6.45, 7) is 4.15. The van der Waals surface area contributed by atoms with Crippen LogP contribution in [0.5, 0.6) is 0 Å². The molecule has 98 valence electrons. The summed E-state index contributed by atoms with van der Waals surface area (Å²) in [4.78, 5) is 19.1. The van der Waals surface area contributed by atoms with Gasteiger partial charge in [0.1, 0.15) is 0 Å². The zero-order chi connectivity index (χ0) is 11.1. The average Bonchev–Trinajstić information content (AvgIpc) is 2.25. The number of rotatable bonds is 5. The van der Waals surface area contributed by atoms with Crippen molar-refractivity contribution in [3.8, 4) is 0 Å². The number of halogens is 2. The summed E-state index contributed by atoms with van der Waals surface area (Å²) in [5, 5.41) is 5.78. The fraction of sp³-hybridized carbons (Fsp3) is 0.444. The number of aromatic nitrogens is 2. The molecule has 4 N–H and O–H groups in total. The Balaban J connectivity index is 0. The van der Waals surface area contributed by atoms with Crippen LogP contribution in [-0.2, 0) is 0 Å². The highest BCUT2D eigenvalue weighted by Crippen LogP contribution is 2.01. The average molecular weight is 282 g/mol. The van der Waals surface area contributed by atoms with Crippen molar-refractivity contribution in [3.63, 3.8) is 0 Å². The molecule has 1 aromatic rings. The number of carbonyl (C=O) groups excluding carboxylic acids is 1. The quantitative estimate of drug-likeness (QED) is 0.673. The number of anilines is 1. The van der Waals surface area contributed by atoms with E-state index in [4.69, 9.17) is 5.73 Å². The van der Waals surface area contributed by atoms with E-state index in [1.807, 2.05) is 6.92 Å². The first-order valence-corrected chi connectivity index (χ1v) is 4.81. The lowest BCUT2D eigenvalue weighted by molar-refractivity contribution is 0.0949. The Morgan fingerprint density at radius 2 is 1.94 bits per heavy atom. The van der Waals surface area contributed by atoms with E-state index < -0.39 is 0 Å². The molecule has 8 heteroatoms. The molecule has 0 saturated heterocycles. The second-order valence-corrected chi connectivity index (χ2v) is 2.90. The Morgan fingerprint density at radius 1 is 1.29 bits per heavy atom. The van der Waals surface area contributed by atoms with Gasteiger partial charge in [0.2, 0.25) is 0 Å². The number of nitrogen functional groups attached to an aromatic ring is 1. The molecule has 0 aliphatic carbocycles. The zero-order valence-electron chi connectivity index (χ0n) is 9.47. The lowest BCUT2D eigenvalue weighted by atomic mass is 10.4. The molecule has 0 aliphatic heterocycles. The largest absolute Gasteiger partial charge is 0.382 e. The number of amides is 1. The van der Waals surface area contributed by atoms with Gasteiger partial charge in [-0.2, -0.15) is 0 Å². The minimum absolute atomic E-state index is 0. The summed E-state index contributed by atoms with van der Waals surface area (Å²) < 4.78 is 0. The molecule has 17 heavy (non-hydrogen) atoms. The molecule has 0 fully saturated rings. The summed E-state index contributed by atoms with van der Waals surface area (Å²) in [6, 6.07) is 0. The predicted molar refractivity (Wildman–Crippen MR) is 71.8 cm³/mol. The van der Waals surface area contributed by atoms with E-state index in [9.17, 15) is 4.79 Å². The molecule has 6 nitrogen and oxygen atoms in total. The number of nitrogens with one attached hydrogen (secondary N) is 2. The van der Waals surface area contributed by atoms with Crippen LogP contribution in [0.2, 0.25) is 0 Å². The third kappa shape index (κ3) is 6.25. The second-order valence-electron chi connectivity index (χ2n) is 2.90. The van der Waals surface area contributed by atoms with E-state index in [0.717, 1.165) is 13.1 Å². The second kappa shape index (κ2) is 10.1. The van der Waals surface area contributed by atoms with Gasteiger partial charge < -0.3 is 16.4 Å². The predicted octanol–water partition coefficient (Wildman–Crippen LogP) is 0.242. The molecule has 0 aromatic carbocycles. The summed E-state index contributed by atoms with van der Waals surface area (Å²) >= 11 is 0. The Labute approximate surface area is 113 Å². The van der Waals surface area contributed by atoms with Crippen LogP contribution in [0.15, 0.2) is 12.4 Å². The molecule has 1 aromatic heterocycles. The van der Waals surface area contributed by atoms with Crippen molar-refractivity contribution in [2.24, 2.45) is 0 Å². The number of carbonyl (C=O) groups is 1. The Bertz CT molecular complexity index is 337. The third-order valence-electron chi connectivity index (χ3n) is 1.78. The van der Waals surface area contributed by atoms with E-state index >= 15 is 0 Å². The standard InChI is InChI=1S/C9H15N5O.2ClH/c1-2-11-3-4-14-9(15)7-8(10)13-6-5-12-7;;/h5-6,11H,2-4H2,1H3,(H2,10,13)(H,14,15);2*1H. The minimum atomic E-state index is -0.293. The van der Waals surface area contributed by atoms with E-state index in [1.165, 1.54) is 12.4 Å². The monoisotopic (exact) mass is 281 g/mol. The maximum absolute atomic E-state index is 11.5. The highest BCUT2D eigenvalue weighted by molar-refractivity contribution is 5.96. The number of nitrogens with two attached hydrogens (primary N) is 1. The molecule has 0 radical (unpaired) electrons. The van der Waals surface area contributed by atoms with Crippen molar-refractivity contribution < 1.29 is 4.79 Å². The molecular formula is C9H17Cl2N5O. The SMILES string of the molecule is CCNCCNC(=O)c1nccnc1N.Cl.Cl. The number of hydrogen-bond acceptors (Lipinski definition) is 5. The lowest BCUT2D eigenvalue weighted by Crippen LogP contribution is -2.32. The fourth-order valence-corrected chi connectivity index (χ4v) is 1.05. The van der Waals surface area contributed by atoms with Crippen molar-refractivity contribution in [2.45, 2.75) is 6.92 Å². The van der Waals surface area contributed by atoms with Gasteiger partial charge >= 0.3 is 0 Å². The van der Waals surface area contributed by atoms with Crippen molar-refractivity contribution in [1.82, 2.24) is 20.6 Å². The zero-order valence-corrected chi connectivity index (χ0v) is 11.1. The fourth-order valence-electron chi connectivity index (χ4n) is 1.05.